The lowest BCUT2D eigenvalue weighted by Gasteiger charge is -2.25. The van der Waals surface area contributed by atoms with E-state index < -0.39 is 54.7 Å². The number of aromatic nitrogens is 4. The molecule has 0 spiro atoms. The number of nitrogens with zero attached hydrogens (tertiary/aromatic N) is 3. The summed E-state index contributed by atoms with van der Waals surface area (Å²) in [5.74, 6) is -2.18. The second-order valence-electron chi connectivity index (χ2n) is 9.89. The zero-order chi connectivity index (χ0) is 31.3. The number of esters is 3. The van der Waals surface area contributed by atoms with Crippen molar-refractivity contribution in [1.29, 1.82) is 0 Å². The Bertz CT molecular complexity index is 1970. The van der Waals surface area contributed by atoms with Gasteiger partial charge in [-0.2, -0.15) is 0 Å². The fraction of sp³-hybridized carbons (Fsp3) is 0.156. The average molecular weight is 625 g/mol. The van der Waals surface area contributed by atoms with Gasteiger partial charge in [-0.1, -0.05) is 66.8 Å². The van der Waals surface area contributed by atoms with Gasteiger partial charge in [-0.05, 0) is 36.4 Å². The van der Waals surface area contributed by atoms with E-state index in [9.17, 15) is 19.2 Å². The normalized spacial score (nSPS) is 19.1. The molecule has 6 rings (SSSR count). The van der Waals surface area contributed by atoms with Gasteiger partial charge >= 0.3 is 23.6 Å². The molecule has 4 atom stereocenters. The van der Waals surface area contributed by atoms with E-state index in [-0.39, 0.29) is 27.0 Å². The van der Waals surface area contributed by atoms with Crippen LogP contribution in [0.3, 0.4) is 0 Å². The van der Waals surface area contributed by atoms with Gasteiger partial charge in [0.15, 0.2) is 24.1 Å². The van der Waals surface area contributed by atoms with Crippen LogP contribution >= 0.6 is 12.2 Å². The average Bonchev–Trinajstić information content (AvgIpc) is 3.40. The van der Waals surface area contributed by atoms with E-state index in [1.54, 1.807) is 91.0 Å². The Labute approximate surface area is 260 Å². The topological polar surface area (TPSA) is 152 Å². The van der Waals surface area contributed by atoms with Gasteiger partial charge in [0.1, 0.15) is 23.7 Å². The number of carbonyl (C=O) groups excluding carboxylic acids is 3. The molecule has 0 amide bonds. The highest BCUT2D eigenvalue weighted by Gasteiger charge is 2.52. The second kappa shape index (κ2) is 13.0. The Morgan fingerprint density at radius 1 is 0.800 bits per heavy atom. The first-order valence-corrected chi connectivity index (χ1v) is 14.2. The minimum atomic E-state index is -1.41. The SMILES string of the molecule is O=C(OC[C@H]1O[C@@H](n2c(=O)[nH]c(=S)c3cncnc32)[C@H](OC(=O)c2ccccc2)[C@@H]1OC(=O)c1ccccc1)c1ccccc1. The number of ether oxygens (including phenoxy) is 4. The molecular weight excluding hydrogens is 600 g/mol. The maximum absolute atomic E-state index is 13.4. The van der Waals surface area contributed by atoms with E-state index in [2.05, 4.69) is 15.0 Å². The number of rotatable bonds is 8. The van der Waals surface area contributed by atoms with Gasteiger partial charge in [-0.3, -0.25) is 4.98 Å². The molecule has 0 aliphatic carbocycles. The van der Waals surface area contributed by atoms with Gasteiger partial charge < -0.3 is 18.9 Å². The van der Waals surface area contributed by atoms with Crippen molar-refractivity contribution in [2.75, 3.05) is 6.61 Å². The first-order valence-electron chi connectivity index (χ1n) is 13.7. The summed E-state index contributed by atoms with van der Waals surface area (Å²) in [6, 6.07) is 24.6. The summed E-state index contributed by atoms with van der Waals surface area (Å²) in [6.07, 6.45) is -2.70. The van der Waals surface area contributed by atoms with Crippen molar-refractivity contribution >= 4 is 41.2 Å². The number of nitrogens with one attached hydrogen (secondary N) is 1. The van der Waals surface area contributed by atoms with Crippen molar-refractivity contribution < 1.29 is 33.3 Å². The van der Waals surface area contributed by atoms with E-state index in [4.69, 9.17) is 31.2 Å². The number of hydrogen-bond donors (Lipinski definition) is 1. The summed E-state index contributed by atoms with van der Waals surface area (Å²) in [5, 5.41) is 0.320. The smallest absolute Gasteiger partial charge is 0.338 e. The van der Waals surface area contributed by atoms with Gasteiger partial charge in [0, 0.05) is 6.20 Å². The van der Waals surface area contributed by atoms with Crippen molar-refractivity contribution in [3.63, 3.8) is 0 Å². The molecule has 0 bridgehead atoms. The molecular formula is C32H24N4O8S. The molecule has 3 aromatic carbocycles. The van der Waals surface area contributed by atoms with Crippen molar-refractivity contribution in [1.82, 2.24) is 19.5 Å². The monoisotopic (exact) mass is 624 g/mol. The Morgan fingerprint density at radius 2 is 1.33 bits per heavy atom. The maximum atomic E-state index is 13.4. The van der Waals surface area contributed by atoms with Crippen LogP contribution in [-0.4, -0.2) is 62.3 Å². The number of fused-ring (bicyclic) bond motifs is 1. The molecule has 13 heteroatoms. The van der Waals surface area contributed by atoms with Crippen LogP contribution in [-0.2, 0) is 18.9 Å². The van der Waals surface area contributed by atoms with Crippen LogP contribution in [0.2, 0.25) is 0 Å². The Kier molecular flexibility index (Phi) is 8.53. The van der Waals surface area contributed by atoms with E-state index in [0.29, 0.717) is 5.39 Å². The zero-order valence-electron chi connectivity index (χ0n) is 23.3. The first-order chi connectivity index (χ1) is 21.9. The fourth-order valence-corrected chi connectivity index (χ4v) is 5.13. The van der Waals surface area contributed by atoms with Crippen LogP contribution in [0.15, 0.2) is 108 Å². The minimum absolute atomic E-state index is 0.0829. The third kappa shape index (κ3) is 6.25. The molecule has 1 fully saturated rings. The van der Waals surface area contributed by atoms with Crippen LogP contribution in [0.25, 0.3) is 11.0 Å². The second-order valence-corrected chi connectivity index (χ2v) is 10.3. The van der Waals surface area contributed by atoms with Gasteiger partial charge in [0.2, 0.25) is 0 Å². The van der Waals surface area contributed by atoms with E-state index in [1.165, 1.54) is 12.5 Å². The Balaban J connectivity index is 1.43. The fourth-order valence-electron chi connectivity index (χ4n) is 4.90. The molecule has 1 aliphatic heterocycles. The summed E-state index contributed by atoms with van der Waals surface area (Å²) >= 11 is 5.31. The van der Waals surface area contributed by atoms with E-state index in [1.807, 2.05) is 0 Å². The summed E-state index contributed by atoms with van der Waals surface area (Å²) in [6.45, 7) is -0.416. The Morgan fingerprint density at radius 3 is 1.91 bits per heavy atom. The standard InChI is InChI=1S/C32H24N4O8S/c37-29(19-10-4-1-5-11-19)41-17-23-24(43-30(38)20-12-6-2-7-13-20)25(44-31(39)21-14-8-3-9-15-21)28(42-23)36-26-22(16-33-18-34-26)27(45)35-32(36)40/h1-16,18,23-25,28H,17H2,(H,35,40,45)/t23-,24-,25-,28-/m1/s1. The van der Waals surface area contributed by atoms with Crippen molar-refractivity contribution in [3.8, 4) is 0 Å². The summed E-state index contributed by atoms with van der Waals surface area (Å²) in [4.78, 5) is 63.8. The lowest BCUT2D eigenvalue weighted by molar-refractivity contribution is -0.0622. The zero-order valence-corrected chi connectivity index (χ0v) is 24.2. The highest BCUT2D eigenvalue weighted by Crippen LogP contribution is 2.36. The minimum Gasteiger partial charge on any atom is -0.459 e. The molecule has 3 heterocycles. The Hall–Kier alpha value is -5.53. The predicted molar refractivity (Wildman–Crippen MR) is 161 cm³/mol. The maximum Gasteiger partial charge on any atom is 0.338 e. The molecule has 1 aliphatic rings. The molecule has 45 heavy (non-hydrogen) atoms. The quantitative estimate of drug-likeness (QED) is 0.151. The van der Waals surface area contributed by atoms with Gasteiger partial charge in [-0.15, -0.1) is 0 Å². The third-order valence-electron chi connectivity index (χ3n) is 7.04. The van der Waals surface area contributed by atoms with Crippen LogP contribution in [0.5, 0.6) is 0 Å². The van der Waals surface area contributed by atoms with Crippen LogP contribution in [0.1, 0.15) is 37.3 Å². The van der Waals surface area contributed by atoms with Gasteiger partial charge in [0.05, 0.1) is 22.1 Å². The number of benzene rings is 3. The van der Waals surface area contributed by atoms with E-state index >= 15 is 0 Å². The molecule has 0 saturated carbocycles. The first kappa shape index (κ1) is 29.5. The van der Waals surface area contributed by atoms with E-state index in [0.717, 1.165) is 4.57 Å². The number of carbonyl (C=O) groups is 3. The predicted octanol–water partition coefficient (Wildman–Crippen LogP) is 4.05. The van der Waals surface area contributed by atoms with Crippen molar-refractivity contribution in [2.45, 2.75) is 24.5 Å². The highest BCUT2D eigenvalue weighted by molar-refractivity contribution is 7.71. The van der Waals surface area contributed by atoms with Crippen LogP contribution < -0.4 is 5.69 Å². The lowest BCUT2D eigenvalue weighted by atomic mass is 10.1. The molecule has 2 aromatic heterocycles. The largest absolute Gasteiger partial charge is 0.459 e. The summed E-state index contributed by atoms with van der Waals surface area (Å²) < 4.78 is 24.9. The van der Waals surface area contributed by atoms with Crippen LogP contribution in [0, 0.1) is 4.64 Å². The molecule has 5 aromatic rings. The molecule has 1 saturated heterocycles. The number of hydrogen-bond acceptors (Lipinski definition) is 11. The third-order valence-corrected chi connectivity index (χ3v) is 7.36. The molecule has 226 valence electrons. The molecule has 1 N–H and O–H groups in total. The summed E-state index contributed by atoms with van der Waals surface area (Å²) in [5.41, 5.74) is 0.0571. The number of aromatic amines is 1. The molecule has 0 unspecified atom stereocenters. The van der Waals surface area contributed by atoms with Crippen LogP contribution in [0.4, 0.5) is 0 Å². The van der Waals surface area contributed by atoms with Gasteiger partial charge in [0.25, 0.3) is 0 Å². The summed E-state index contributed by atoms with van der Waals surface area (Å²) in [7, 11) is 0. The molecule has 12 nitrogen and oxygen atoms in total. The lowest BCUT2D eigenvalue weighted by Crippen LogP contribution is -2.42. The number of H-pyrrole nitrogens is 1. The highest BCUT2D eigenvalue weighted by atomic mass is 32.1. The molecule has 0 radical (unpaired) electrons. The van der Waals surface area contributed by atoms with Crippen molar-refractivity contribution in [3.05, 3.63) is 135 Å². The van der Waals surface area contributed by atoms with Gasteiger partial charge in [-0.25, -0.2) is 33.7 Å². The van der Waals surface area contributed by atoms with Crippen molar-refractivity contribution in [2.24, 2.45) is 0 Å².